The molecule has 5 heteroatoms. The van der Waals surface area contributed by atoms with Gasteiger partial charge in [-0.15, -0.1) is 12.4 Å². The number of nitrogens with one attached hydrogen (secondary N) is 1. The van der Waals surface area contributed by atoms with Crippen molar-refractivity contribution in [3.63, 3.8) is 0 Å². The van der Waals surface area contributed by atoms with Gasteiger partial charge >= 0.3 is 0 Å². The number of rotatable bonds is 7. The molecule has 0 spiro atoms. The van der Waals surface area contributed by atoms with Crippen LogP contribution in [0, 0.1) is 5.92 Å². The van der Waals surface area contributed by atoms with E-state index in [4.69, 9.17) is 4.74 Å². The van der Waals surface area contributed by atoms with E-state index in [9.17, 15) is 4.79 Å². The minimum atomic E-state index is 0. The maximum atomic E-state index is 12.1. The Kier molecular flexibility index (Phi) is 6.97. The molecular weight excluding hydrogens is 252 g/mol. The molecule has 1 saturated carbocycles. The smallest absolute Gasteiger partial charge is 0.222 e. The second kappa shape index (κ2) is 7.97. The molecule has 1 unspecified atom stereocenters. The molecule has 4 nitrogen and oxygen atoms in total. The molecule has 0 radical (unpaired) electrons. The van der Waals surface area contributed by atoms with E-state index in [1.165, 1.54) is 12.8 Å². The summed E-state index contributed by atoms with van der Waals surface area (Å²) in [5.74, 6) is 0.915. The molecule has 1 aliphatic carbocycles. The lowest BCUT2D eigenvalue weighted by atomic mass is 10.1. The summed E-state index contributed by atoms with van der Waals surface area (Å²) >= 11 is 0. The number of ether oxygens (including phenoxy) is 1. The van der Waals surface area contributed by atoms with Crippen LogP contribution in [0.1, 0.15) is 32.1 Å². The fourth-order valence-electron chi connectivity index (χ4n) is 2.41. The van der Waals surface area contributed by atoms with Crippen molar-refractivity contribution in [1.29, 1.82) is 0 Å². The summed E-state index contributed by atoms with van der Waals surface area (Å²) in [6.07, 6.45) is 5.15. The Hall–Kier alpha value is -0.320. The highest BCUT2D eigenvalue weighted by Gasteiger charge is 2.34. The normalized spacial score (nSPS) is 22.6. The lowest BCUT2D eigenvalue weighted by Crippen LogP contribution is -2.37. The SMILES string of the molecule is CNCCCC(=O)N(CC1CCOC1)C1CC1.Cl. The molecule has 1 amide bonds. The van der Waals surface area contributed by atoms with E-state index in [0.29, 0.717) is 24.3 Å². The zero-order chi connectivity index (χ0) is 12.1. The van der Waals surface area contributed by atoms with Crippen molar-refractivity contribution in [1.82, 2.24) is 10.2 Å². The Balaban J connectivity index is 0.00000162. The third-order valence-corrected chi connectivity index (χ3v) is 3.60. The number of carbonyl (C=O) groups excluding carboxylic acids is 1. The Morgan fingerprint density at radius 2 is 2.17 bits per heavy atom. The van der Waals surface area contributed by atoms with E-state index in [0.717, 1.165) is 39.1 Å². The first-order chi connectivity index (χ1) is 8.31. The quantitative estimate of drug-likeness (QED) is 0.716. The second-order valence-corrected chi connectivity index (χ2v) is 5.21. The summed E-state index contributed by atoms with van der Waals surface area (Å²) in [5.41, 5.74) is 0. The van der Waals surface area contributed by atoms with Gasteiger partial charge in [-0.3, -0.25) is 4.79 Å². The van der Waals surface area contributed by atoms with E-state index in [1.807, 2.05) is 7.05 Å². The van der Waals surface area contributed by atoms with Crippen LogP contribution in [0.4, 0.5) is 0 Å². The zero-order valence-electron chi connectivity index (χ0n) is 11.2. The van der Waals surface area contributed by atoms with Crippen molar-refractivity contribution < 1.29 is 9.53 Å². The van der Waals surface area contributed by atoms with Crippen LogP contribution >= 0.6 is 12.4 Å². The van der Waals surface area contributed by atoms with E-state index in [2.05, 4.69) is 10.2 Å². The van der Waals surface area contributed by atoms with E-state index in [-0.39, 0.29) is 12.4 Å². The molecule has 0 bridgehead atoms. The Labute approximate surface area is 116 Å². The predicted molar refractivity (Wildman–Crippen MR) is 74.1 cm³/mol. The van der Waals surface area contributed by atoms with Crippen LogP contribution < -0.4 is 5.32 Å². The molecule has 1 N–H and O–H groups in total. The molecule has 2 aliphatic rings. The van der Waals surface area contributed by atoms with Crippen molar-refractivity contribution in [3.05, 3.63) is 0 Å². The molecule has 1 saturated heterocycles. The van der Waals surface area contributed by atoms with Crippen LogP contribution in [0.15, 0.2) is 0 Å². The van der Waals surface area contributed by atoms with Gasteiger partial charge in [0.05, 0.1) is 6.61 Å². The highest BCUT2D eigenvalue weighted by molar-refractivity contribution is 5.85. The highest BCUT2D eigenvalue weighted by Crippen LogP contribution is 2.29. The maximum Gasteiger partial charge on any atom is 0.222 e. The Bertz CT molecular complexity index is 253. The molecule has 1 heterocycles. The van der Waals surface area contributed by atoms with Gasteiger partial charge in [-0.2, -0.15) is 0 Å². The summed E-state index contributed by atoms with van der Waals surface area (Å²) in [5, 5.41) is 3.09. The van der Waals surface area contributed by atoms with E-state index >= 15 is 0 Å². The number of hydrogen-bond acceptors (Lipinski definition) is 3. The van der Waals surface area contributed by atoms with Gasteiger partial charge in [0.1, 0.15) is 0 Å². The van der Waals surface area contributed by atoms with Gasteiger partial charge < -0.3 is 15.0 Å². The summed E-state index contributed by atoms with van der Waals surface area (Å²) in [6, 6.07) is 0.540. The molecule has 0 aromatic heterocycles. The zero-order valence-corrected chi connectivity index (χ0v) is 12.0. The fourth-order valence-corrected chi connectivity index (χ4v) is 2.41. The van der Waals surface area contributed by atoms with Crippen LogP contribution in [0.5, 0.6) is 0 Å². The fraction of sp³-hybridized carbons (Fsp3) is 0.923. The largest absolute Gasteiger partial charge is 0.381 e. The van der Waals surface area contributed by atoms with Gasteiger partial charge in [0, 0.05) is 31.5 Å². The van der Waals surface area contributed by atoms with Crippen molar-refractivity contribution in [2.45, 2.75) is 38.1 Å². The van der Waals surface area contributed by atoms with Gasteiger partial charge in [-0.05, 0) is 39.3 Å². The first kappa shape index (κ1) is 15.7. The van der Waals surface area contributed by atoms with Crippen molar-refractivity contribution in [3.8, 4) is 0 Å². The Morgan fingerprint density at radius 3 is 2.72 bits per heavy atom. The average Bonchev–Trinajstić information content (AvgIpc) is 3.03. The van der Waals surface area contributed by atoms with Crippen molar-refractivity contribution in [2.24, 2.45) is 5.92 Å². The van der Waals surface area contributed by atoms with Gasteiger partial charge in [0.15, 0.2) is 0 Å². The number of hydrogen-bond donors (Lipinski definition) is 1. The first-order valence-corrected chi connectivity index (χ1v) is 6.83. The molecule has 18 heavy (non-hydrogen) atoms. The second-order valence-electron chi connectivity index (χ2n) is 5.21. The number of halogens is 1. The molecule has 106 valence electrons. The number of amides is 1. The third kappa shape index (κ3) is 4.75. The summed E-state index contributed by atoms with van der Waals surface area (Å²) < 4.78 is 5.39. The topological polar surface area (TPSA) is 41.6 Å². The van der Waals surface area contributed by atoms with Crippen LogP contribution in [0.3, 0.4) is 0 Å². The van der Waals surface area contributed by atoms with Gasteiger partial charge in [0.25, 0.3) is 0 Å². The number of carbonyl (C=O) groups is 1. The maximum absolute atomic E-state index is 12.1. The minimum Gasteiger partial charge on any atom is -0.381 e. The highest BCUT2D eigenvalue weighted by atomic mass is 35.5. The Morgan fingerprint density at radius 1 is 1.39 bits per heavy atom. The van der Waals surface area contributed by atoms with Crippen molar-refractivity contribution >= 4 is 18.3 Å². The monoisotopic (exact) mass is 276 g/mol. The summed E-state index contributed by atoms with van der Waals surface area (Å²) in [4.78, 5) is 14.3. The summed E-state index contributed by atoms with van der Waals surface area (Å²) in [7, 11) is 1.93. The first-order valence-electron chi connectivity index (χ1n) is 6.83. The molecular formula is C13H25ClN2O2. The third-order valence-electron chi connectivity index (χ3n) is 3.60. The van der Waals surface area contributed by atoms with Gasteiger partial charge in [-0.25, -0.2) is 0 Å². The summed E-state index contributed by atoms with van der Waals surface area (Å²) in [6.45, 7) is 3.56. The predicted octanol–water partition coefficient (Wildman–Crippen LogP) is 1.44. The molecule has 1 atom stereocenters. The number of nitrogens with zero attached hydrogens (tertiary/aromatic N) is 1. The molecule has 0 aromatic rings. The lowest BCUT2D eigenvalue weighted by Gasteiger charge is -2.25. The van der Waals surface area contributed by atoms with Gasteiger partial charge in [0.2, 0.25) is 5.91 Å². The van der Waals surface area contributed by atoms with Crippen LogP contribution in [-0.4, -0.2) is 50.2 Å². The average molecular weight is 277 g/mol. The molecule has 0 aromatic carbocycles. The van der Waals surface area contributed by atoms with Crippen LogP contribution in [-0.2, 0) is 9.53 Å². The van der Waals surface area contributed by atoms with E-state index in [1.54, 1.807) is 0 Å². The van der Waals surface area contributed by atoms with Crippen LogP contribution in [0.25, 0.3) is 0 Å². The van der Waals surface area contributed by atoms with Gasteiger partial charge in [-0.1, -0.05) is 0 Å². The molecule has 1 aliphatic heterocycles. The standard InChI is InChI=1S/C13H24N2O2.ClH/c1-14-7-2-3-13(16)15(12-4-5-12)9-11-6-8-17-10-11;/h11-12,14H,2-10H2,1H3;1H. The van der Waals surface area contributed by atoms with Crippen LogP contribution in [0.2, 0.25) is 0 Å². The van der Waals surface area contributed by atoms with E-state index < -0.39 is 0 Å². The molecule has 2 fully saturated rings. The lowest BCUT2D eigenvalue weighted by molar-refractivity contribution is -0.132. The van der Waals surface area contributed by atoms with Crippen molar-refractivity contribution in [2.75, 3.05) is 33.4 Å². The minimum absolute atomic E-state index is 0. The molecule has 2 rings (SSSR count).